The second-order valence-electron chi connectivity index (χ2n) is 5.61. The number of hydrogen-bond donors (Lipinski definition) is 3. The molecule has 0 aliphatic heterocycles. The van der Waals surface area contributed by atoms with E-state index in [1.807, 2.05) is 0 Å². The highest BCUT2D eigenvalue weighted by molar-refractivity contribution is 5.95. The molecule has 1 aromatic carbocycles. The van der Waals surface area contributed by atoms with Crippen LogP contribution in [0.1, 0.15) is 43.1 Å². The lowest BCUT2D eigenvalue weighted by Gasteiger charge is -2.23. The Bertz CT molecular complexity index is 510. The van der Waals surface area contributed by atoms with Crippen molar-refractivity contribution < 1.29 is 14.7 Å². The van der Waals surface area contributed by atoms with E-state index < -0.39 is 5.97 Å². The summed E-state index contributed by atoms with van der Waals surface area (Å²) in [5, 5.41) is 14.5. The van der Waals surface area contributed by atoms with Crippen molar-refractivity contribution in [1.29, 1.82) is 0 Å². The molecule has 1 aromatic rings. The molecule has 0 saturated heterocycles. The molecule has 0 bridgehead atoms. The third kappa shape index (κ3) is 4.26. The number of benzene rings is 1. The third-order valence-corrected chi connectivity index (χ3v) is 3.50. The molecule has 0 atom stereocenters. The smallest absolute Gasteiger partial charge is 0.336 e. The van der Waals surface area contributed by atoms with Crippen LogP contribution in [0.25, 0.3) is 0 Å². The van der Waals surface area contributed by atoms with Gasteiger partial charge in [0.2, 0.25) is 0 Å². The highest BCUT2D eigenvalue weighted by Crippen LogP contribution is 2.20. The minimum absolute atomic E-state index is 0.0370. The fraction of sp³-hybridized carbons (Fsp3) is 0.467. The van der Waals surface area contributed by atoms with Crippen LogP contribution in [0.5, 0.6) is 0 Å². The summed E-state index contributed by atoms with van der Waals surface area (Å²) in [6, 6.07) is 4.49. The molecular formula is C15H22N2O3. The Kier molecular flexibility index (Phi) is 5.13. The molecule has 0 aliphatic carbocycles. The Morgan fingerprint density at radius 1 is 1.30 bits per heavy atom. The van der Waals surface area contributed by atoms with Gasteiger partial charge in [0.25, 0.3) is 0 Å². The van der Waals surface area contributed by atoms with Gasteiger partial charge in [0, 0.05) is 12.2 Å². The van der Waals surface area contributed by atoms with Gasteiger partial charge in [-0.3, -0.25) is 0 Å². The van der Waals surface area contributed by atoms with Crippen LogP contribution in [0, 0.1) is 12.3 Å². The minimum atomic E-state index is -1.00. The van der Waals surface area contributed by atoms with Crippen molar-refractivity contribution in [3.8, 4) is 0 Å². The Hall–Kier alpha value is -2.04. The van der Waals surface area contributed by atoms with Gasteiger partial charge in [-0.25, -0.2) is 9.59 Å². The summed E-state index contributed by atoms with van der Waals surface area (Å²) in [4.78, 5) is 22.9. The lowest BCUT2D eigenvalue weighted by Crippen LogP contribution is -2.36. The van der Waals surface area contributed by atoms with Crippen molar-refractivity contribution in [3.63, 3.8) is 0 Å². The number of hydrogen-bond acceptors (Lipinski definition) is 2. The summed E-state index contributed by atoms with van der Waals surface area (Å²) < 4.78 is 0. The van der Waals surface area contributed by atoms with E-state index in [4.69, 9.17) is 5.11 Å². The molecule has 0 aromatic heterocycles. The largest absolute Gasteiger partial charge is 0.478 e. The predicted octanol–water partition coefficient (Wildman–Crippen LogP) is 3.25. The fourth-order valence-electron chi connectivity index (χ4n) is 1.61. The van der Waals surface area contributed by atoms with Crippen molar-refractivity contribution >= 4 is 17.7 Å². The van der Waals surface area contributed by atoms with Gasteiger partial charge < -0.3 is 15.7 Å². The summed E-state index contributed by atoms with van der Waals surface area (Å²) in [6.45, 7) is 8.45. The Balaban J connectivity index is 2.72. The minimum Gasteiger partial charge on any atom is -0.478 e. The molecule has 20 heavy (non-hydrogen) atoms. The molecule has 0 radical (unpaired) electrons. The molecule has 0 saturated carbocycles. The molecule has 0 spiro atoms. The molecule has 0 heterocycles. The number of carboxylic acid groups (broad SMARTS) is 1. The lowest BCUT2D eigenvalue weighted by atomic mass is 9.90. The van der Waals surface area contributed by atoms with Crippen LogP contribution < -0.4 is 10.6 Å². The van der Waals surface area contributed by atoms with Crippen molar-refractivity contribution in [2.24, 2.45) is 5.41 Å². The predicted molar refractivity (Wildman–Crippen MR) is 79.2 cm³/mol. The maximum atomic E-state index is 11.8. The average molecular weight is 278 g/mol. The fourth-order valence-corrected chi connectivity index (χ4v) is 1.61. The van der Waals surface area contributed by atoms with E-state index in [2.05, 4.69) is 31.4 Å². The summed E-state index contributed by atoms with van der Waals surface area (Å²) in [6.07, 6.45) is 0.959. The first-order valence-electron chi connectivity index (χ1n) is 6.64. The summed E-state index contributed by atoms with van der Waals surface area (Å²) >= 11 is 0. The highest BCUT2D eigenvalue weighted by Gasteiger charge is 2.17. The van der Waals surface area contributed by atoms with E-state index in [1.165, 1.54) is 6.07 Å². The summed E-state index contributed by atoms with van der Waals surface area (Å²) in [5.41, 5.74) is 1.29. The van der Waals surface area contributed by atoms with Gasteiger partial charge in [0.15, 0.2) is 0 Å². The first-order valence-corrected chi connectivity index (χ1v) is 6.64. The van der Waals surface area contributed by atoms with E-state index in [0.717, 1.165) is 6.42 Å². The number of urea groups is 1. The van der Waals surface area contributed by atoms with E-state index in [9.17, 15) is 9.59 Å². The van der Waals surface area contributed by atoms with Crippen molar-refractivity contribution in [3.05, 3.63) is 29.3 Å². The zero-order chi connectivity index (χ0) is 15.3. The number of amides is 2. The van der Waals surface area contributed by atoms with Gasteiger partial charge in [-0.2, -0.15) is 0 Å². The molecule has 5 nitrogen and oxygen atoms in total. The molecule has 5 heteroatoms. The molecule has 0 unspecified atom stereocenters. The molecule has 2 amide bonds. The molecular weight excluding hydrogens is 256 g/mol. The number of anilines is 1. The number of carbonyl (C=O) groups excluding carboxylic acids is 1. The molecule has 0 fully saturated rings. The van der Waals surface area contributed by atoms with Crippen molar-refractivity contribution in [2.45, 2.75) is 34.1 Å². The van der Waals surface area contributed by atoms with Crippen LogP contribution in [0.15, 0.2) is 18.2 Å². The maximum absolute atomic E-state index is 11.8. The van der Waals surface area contributed by atoms with Gasteiger partial charge in [0.1, 0.15) is 0 Å². The highest BCUT2D eigenvalue weighted by atomic mass is 16.4. The first kappa shape index (κ1) is 16.0. The molecule has 1 rings (SSSR count). The van der Waals surface area contributed by atoms with Crippen LogP contribution >= 0.6 is 0 Å². The van der Waals surface area contributed by atoms with Crippen LogP contribution in [0.3, 0.4) is 0 Å². The Labute approximate surface area is 119 Å². The summed E-state index contributed by atoms with van der Waals surface area (Å²) in [5.74, 6) is -1.00. The number of rotatable bonds is 5. The van der Waals surface area contributed by atoms with Gasteiger partial charge in [0.05, 0.1) is 5.56 Å². The quantitative estimate of drug-likeness (QED) is 0.773. The Morgan fingerprint density at radius 2 is 1.95 bits per heavy atom. The van der Waals surface area contributed by atoms with Gasteiger partial charge >= 0.3 is 12.0 Å². The van der Waals surface area contributed by atoms with Crippen molar-refractivity contribution in [1.82, 2.24) is 5.32 Å². The van der Waals surface area contributed by atoms with Crippen LogP contribution in [-0.2, 0) is 0 Å². The van der Waals surface area contributed by atoms with E-state index in [-0.39, 0.29) is 17.0 Å². The molecule has 0 aliphatic rings. The van der Waals surface area contributed by atoms with E-state index in [1.54, 1.807) is 19.1 Å². The van der Waals surface area contributed by atoms with Gasteiger partial charge in [-0.05, 0) is 36.5 Å². The second kappa shape index (κ2) is 6.41. The SMILES string of the molecule is CCC(C)(C)CNC(=O)Nc1cccc(C(=O)O)c1C. The molecule has 110 valence electrons. The van der Waals surface area contributed by atoms with Gasteiger partial charge in [-0.1, -0.05) is 26.8 Å². The second-order valence-corrected chi connectivity index (χ2v) is 5.61. The first-order chi connectivity index (χ1) is 9.26. The average Bonchev–Trinajstić information content (AvgIpc) is 2.39. The number of nitrogens with one attached hydrogen (secondary N) is 2. The molecule has 3 N–H and O–H groups in total. The number of aromatic carboxylic acids is 1. The normalized spacial score (nSPS) is 11.0. The monoisotopic (exact) mass is 278 g/mol. The van der Waals surface area contributed by atoms with Crippen LogP contribution in [0.4, 0.5) is 10.5 Å². The van der Waals surface area contributed by atoms with Crippen LogP contribution in [-0.4, -0.2) is 23.7 Å². The maximum Gasteiger partial charge on any atom is 0.336 e. The van der Waals surface area contributed by atoms with Crippen LogP contribution in [0.2, 0.25) is 0 Å². The third-order valence-electron chi connectivity index (χ3n) is 3.50. The van der Waals surface area contributed by atoms with E-state index >= 15 is 0 Å². The zero-order valence-corrected chi connectivity index (χ0v) is 12.4. The summed E-state index contributed by atoms with van der Waals surface area (Å²) in [7, 11) is 0. The van der Waals surface area contributed by atoms with Gasteiger partial charge in [-0.15, -0.1) is 0 Å². The van der Waals surface area contributed by atoms with E-state index in [0.29, 0.717) is 17.8 Å². The zero-order valence-electron chi connectivity index (χ0n) is 12.4. The lowest BCUT2D eigenvalue weighted by molar-refractivity contribution is 0.0696. The number of carboxylic acids is 1. The number of carbonyl (C=O) groups is 2. The topological polar surface area (TPSA) is 78.4 Å². The Morgan fingerprint density at radius 3 is 2.50 bits per heavy atom. The van der Waals surface area contributed by atoms with Crippen molar-refractivity contribution in [2.75, 3.05) is 11.9 Å². The standard InChI is InChI=1S/C15H22N2O3/c1-5-15(3,4)9-16-14(20)17-12-8-6-7-11(10(12)2)13(18)19/h6-8H,5,9H2,1-4H3,(H,18,19)(H2,16,17,20).